The Kier molecular flexibility index (Phi) is 4.77. The lowest BCUT2D eigenvalue weighted by atomic mass is 9.85. The SMILES string of the molecule is C=C1CC(c2ccc(Cl)cc2)c2ncc(C(=O)OCC)c(=O)n2C1C. The number of benzene rings is 1. The van der Waals surface area contributed by atoms with Crippen molar-refractivity contribution < 1.29 is 9.53 Å². The van der Waals surface area contributed by atoms with E-state index in [1.54, 1.807) is 11.5 Å². The van der Waals surface area contributed by atoms with Crippen molar-refractivity contribution in [1.82, 2.24) is 9.55 Å². The maximum atomic E-state index is 12.9. The van der Waals surface area contributed by atoms with Crippen LogP contribution in [0.3, 0.4) is 0 Å². The molecular formula is C19H19ClN2O3. The summed E-state index contributed by atoms with van der Waals surface area (Å²) in [6.45, 7) is 7.90. The van der Waals surface area contributed by atoms with Gasteiger partial charge in [-0.25, -0.2) is 9.78 Å². The average molecular weight is 359 g/mol. The van der Waals surface area contributed by atoms with E-state index in [0.29, 0.717) is 17.3 Å². The van der Waals surface area contributed by atoms with Crippen LogP contribution in [0.15, 0.2) is 47.4 Å². The molecule has 1 aliphatic heterocycles. The predicted molar refractivity (Wildman–Crippen MR) is 96.2 cm³/mol. The number of aromatic nitrogens is 2. The van der Waals surface area contributed by atoms with Gasteiger partial charge in [-0.3, -0.25) is 9.36 Å². The third kappa shape index (κ3) is 3.12. The molecule has 0 bridgehead atoms. The van der Waals surface area contributed by atoms with E-state index in [-0.39, 0.29) is 24.1 Å². The van der Waals surface area contributed by atoms with Crippen LogP contribution in [-0.2, 0) is 4.74 Å². The van der Waals surface area contributed by atoms with Crippen molar-refractivity contribution in [2.45, 2.75) is 32.2 Å². The molecule has 0 aliphatic carbocycles. The minimum atomic E-state index is -0.651. The Balaban J connectivity index is 2.15. The molecule has 0 saturated heterocycles. The van der Waals surface area contributed by atoms with Crippen LogP contribution < -0.4 is 5.56 Å². The number of allylic oxidation sites excluding steroid dienone is 1. The Morgan fingerprint density at radius 1 is 1.40 bits per heavy atom. The van der Waals surface area contributed by atoms with Gasteiger partial charge in [-0.05, 0) is 38.0 Å². The van der Waals surface area contributed by atoms with Crippen molar-refractivity contribution >= 4 is 17.6 Å². The lowest BCUT2D eigenvalue weighted by molar-refractivity contribution is 0.0522. The molecule has 1 aliphatic rings. The molecule has 1 aromatic carbocycles. The Bertz CT molecular complexity index is 887. The van der Waals surface area contributed by atoms with Gasteiger partial charge in [-0.2, -0.15) is 0 Å². The maximum Gasteiger partial charge on any atom is 0.345 e. The van der Waals surface area contributed by atoms with E-state index in [0.717, 1.165) is 11.1 Å². The van der Waals surface area contributed by atoms with Crippen molar-refractivity contribution in [3.05, 3.63) is 74.9 Å². The zero-order valence-electron chi connectivity index (χ0n) is 14.2. The lowest BCUT2D eigenvalue weighted by Gasteiger charge is -2.32. The number of fused-ring (bicyclic) bond motifs is 1. The molecule has 0 fully saturated rings. The Hall–Kier alpha value is -2.40. The van der Waals surface area contributed by atoms with E-state index in [9.17, 15) is 9.59 Å². The molecule has 0 N–H and O–H groups in total. The molecule has 0 amide bonds. The molecule has 2 unspecified atom stereocenters. The monoisotopic (exact) mass is 358 g/mol. The van der Waals surface area contributed by atoms with Crippen LogP contribution >= 0.6 is 11.6 Å². The summed E-state index contributed by atoms with van der Waals surface area (Å²) in [6.07, 6.45) is 2.00. The van der Waals surface area contributed by atoms with E-state index in [1.807, 2.05) is 31.2 Å². The summed E-state index contributed by atoms with van der Waals surface area (Å²) in [5, 5.41) is 0.648. The summed E-state index contributed by atoms with van der Waals surface area (Å²) in [5.41, 5.74) is 1.47. The molecule has 5 nitrogen and oxygen atoms in total. The Morgan fingerprint density at radius 2 is 2.08 bits per heavy atom. The van der Waals surface area contributed by atoms with Gasteiger partial charge >= 0.3 is 5.97 Å². The number of nitrogens with zero attached hydrogens (tertiary/aromatic N) is 2. The van der Waals surface area contributed by atoms with Gasteiger partial charge in [0.25, 0.3) is 5.56 Å². The molecule has 2 atom stereocenters. The second-order valence-corrected chi connectivity index (χ2v) is 6.50. The number of ether oxygens (including phenoxy) is 1. The number of esters is 1. The van der Waals surface area contributed by atoms with Gasteiger partial charge in [-0.15, -0.1) is 0 Å². The van der Waals surface area contributed by atoms with Crippen LogP contribution in [0.4, 0.5) is 0 Å². The fraction of sp³-hybridized carbons (Fsp3) is 0.316. The lowest BCUT2D eigenvalue weighted by Crippen LogP contribution is -2.37. The van der Waals surface area contributed by atoms with Crippen molar-refractivity contribution in [2.75, 3.05) is 6.61 Å². The van der Waals surface area contributed by atoms with E-state index < -0.39 is 11.5 Å². The molecule has 0 spiro atoms. The van der Waals surface area contributed by atoms with Crippen molar-refractivity contribution in [3.63, 3.8) is 0 Å². The molecule has 2 heterocycles. The van der Waals surface area contributed by atoms with Crippen LogP contribution in [-0.4, -0.2) is 22.1 Å². The van der Waals surface area contributed by atoms with E-state index in [1.165, 1.54) is 6.20 Å². The van der Waals surface area contributed by atoms with Crippen LogP contribution in [0, 0.1) is 0 Å². The average Bonchev–Trinajstić information content (AvgIpc) is 2.59. The quantitative estimate of drug-likeness (QED) is 0.619. The Morgan fingerprint density at radius 3 is 2.72 bits per heavy atom. The largest absolute Gasteiger partial charge is 0.462 e. The summed E-state index contributed by atoms with van der Waals surface area (Å²) in [4.78, 5) is 29.3. The predicted octanol–water partition coefficient (Wildman–Crippen LogP) is 3.73. The van der Waals surface area contributed by atoms with Gasteiger partial charge in [0.1, 0.15) is 11.4 Å². The fourth-order valence-electron chi connectivity index (χ4n) is 3.13. The van der Waals surface area contributed by atoms with E-state index in [2.05, 4.69) is 11.6 Å². The van der Waals surface area contributed by atoms with Gasteiger partial charge in [0.15, 0.2) is 0 Å². The Labute approximate surface area is 150 Å². The summed E-state index contributed by atoms with van der Waals surface area (Å²) in [6, 6.07) is 7.24. The highest BCUT2D eigenvalue weighted by molar-refractivity contribution is 6.30. The van der Waals surface area contributed by atoms with E-state index >= 15 is 0 Å². The molecular weight excluding hydrogens is 340 g/mol. The van der Waals surface area contributed by atoms with Gasteiger partial charge in [0, 0.05) is 17.1 Å². The third-order valence-electron chi connectivity index (χ3n) is 4.55. The highest BCUT2D eigenvalue weighted by atomic mass is 35.5. The first-order valence-corrected chi connectivity index (χ1v) is 8.53. The molecule has 3 rings (SSSR count). The summed E-state index contributed by atoms with van der Waals surface area (Å²) in [5.74, 6) is -0.132. The van der Waals surface area contributed by atoms with Crippen LogP contribution in [0.2, 0.25) is 5.02 Å². The second kappa shape index (κ2) is 6.84. The molecule has 2 aromatic rings. The van der Waals surface area contributed by atoms with Gasteiger partial charge in [0.2, 0.25) is 0 Å². The van der Waals surface area contributed by atoms with E-state index in [4.69, 9.17) is 16.3 Å². The number of carbonyl (C=O) groups excluding carboxylic acids is 1. The molecule has 0 saturated carbocycles. The normalized spacial score (nSPS) is 19.4. The minimum absolute atomic E-state index is 0.0537. The number of rotatable bonds is 3. The molecule has 25 heavy (non-hydrogen) atoms. The highest BCUT2D eigenvalue weighted by Crippen LogP contribution is 2.38. The highest BCUT2D eigenvalue weighted by Gasteiger charge is 2.32. The molecule has 1 aromatic heterocycles. The molecule has 6 heteroatoms. The number of halogens is 1. The smallest absolute Gasteiger partial charge is 0.345 e. The van der Waals surface area contributed by atoms with Gasteiger partial charge in [0.05, 0.1) is 12.6 Å². The van der Waals surface area contributed by atoms with Gasteiger partial charge < -0.3 is 4.74 Å². The number of hydrogen-bond acceptors (Lipinski definition) is 4. The van der Waals surface area contributed by atoms with Gasteiger partial charge in [-0.1, -0.05) is 35.9 Å². The number of carbonyl (C=O) groups is 1. The van der Waals surface area contributed by atoms with Crippen LogP contribution in [0.5, 0.6) is 0 Å². The first-order valence-electron chi connectivity index (χ1n) is 8.15. The zero-order valence-corrected chi connectivity index (χ0v) is 14.9. The number of hydrogen-bond donors (Lipinski definition) is 0. The standard InChI is InChI=1S/C19H19ClN2O3/c1-4-25-19(24)16-10-21-17-15(13-5-7-14(20)8-6-13)9-11(2)12(3)22(17)18(16)23/h5-8,10,12,15H,2,4,9H2,1,3H3. The summed E-state index contributed by atoms with van der Waals surface area (Å²) < 4.78 is 6.51. The van der Waals surface area contributed by atoms with Crippen molar-refractivity contribution in [2.24, 2.45) is 0 Å². The van der Waals surface area contributed by atoms with Crippen LogP contribution in [0.1, 0.15) is 54.0 Å². The van der Waals surface area contributed by atoms with Crippen LogP contribution in [0.25, 0.3) is 0 Å². The first-order chi connectivity index (χ1) is 11.9. The van der Waals surface area contributed by atoms with Crippen molar-refractivity contribution in [1.29, 1.82) is 0 Å². The zero-order chi connectivity index (χ0) is 18.1. The minimum Gasteiger partial charge on any atom is -0.462 e. The third-order valence-corrected chi connectivity index (χ3v) is 4.80. The summed E-state index contributed by atoms with van der Waals surface area (Å²) >= 11 is 5.97. The molecule has 130 valence electrons. The molecule has 0 radical (unpaired) electrons. The van der Waals surface area contributed by atoms with Crippen molar-refractivity contribution in [3.8, 4) is 0 Å². The fourth-order valence-corrected chi connectivity index (χ4v) is 3.26. The summed E-state index contributed by atoms with van der Waals surface area (Å²) in [7, 11) is 0. The topological polar surface area (TPSA) is 61.2 Å². The second-order valence-electron chi connectivity index (χ2n) is 6.07. The maximum absolute atomic E-state index is 12.9. The first kappa shape index (κ1) is 17.4.